The average molecular weight is 208 g/mol. The maximum atomic E-state index is 9.20. The van der Waals surface area contributed by atoms with Crippen molar-refractivity contribution in [1.82, 2.24) is 5.32 Å². The topological polar surface area (TPSA) is 58.3 Å². The summed E-state index contributed by atoms with van der Waals surface area (Å²) < 4.78 is 0. The molecule has 0 heterocycles. The molecule has 1 unspecified atom stereocenters. The predicted octanol–water partition coefficient (Wildman–Crippen LogP) is 0.447. The van der Waals surface area contributed by atoms with Gasteiger partial charge in [-0.2, -0.15) is 0 Å². The summed E-state index contributed by atoms with van der Waals surface area (Å²) in [6, 6.07) is 8.50. The Bertz CT molecular complexity index is 271. The van der Waals surface area contributed by atoms with Gasteiger partial charge in [-0.05, 0) is 25.5 Å². The summed E-state index contributed by atoms with van der Waals surface area (Å²) in [6.07, 6.45) is 0.556. The third-order valence-electron chi connectivity index (χ3n) is 2.36. The van der Waals surface area contributed by atoms with Crippen LogP contribution in [0.25, 0.3) is 0 Å². The number of aliphatic hydroxyl groups excluding tert-OH is 1. The number of hydrogen-bond donors (Lipinski definition) is 3. The van der Waals surface area contributed by atoms with Crippen LogP contribution in [-0.4, -0.2) is 30.8 Å². The standard InChI is InChI=1S/C12H20N2O/c1-10-2-4-11(5-3-10)6-7-14-9-12(15)8-13/h2-5,12,14-15H,6-9,13H2,1H3. The number of nitrogens with two attached hydrogens (primary N) is 1. The van der Waals surface area contributed by atoms with E-state index in [1.54, 1.807) is 0 Å². The Hall–Kier alpha value is -0.900. The first-order valence-electron chi connectivity index (χ1n) is 5.36. The Kier molecular flexibility index (Phi) is 5.32. The van der Waals surface area contributed by atoms with E-state index < -0.39 is 6.10 Å². The summed E-state index contributed by atoms with van der Waals surface area (Å²) in [5.41, 5.74) is 7.89. The molecule has 1 aromatic carbocycles. The summed E-state index contributed by atoms with van der Waals surface area (Å²) in [5.74, 6) is 0. The highest BCUT2D eigenvalue weighted by molar-refractivity contribution is 5.21. The van der Waals surface area contributed by atoms with Crippen molar-refractivity contribution in [2.45, 2.75) is 19.4 Å². The van der Waals surface area contributed by atoms with Crippen LogP contribution in [0.15, 0.2) is 24.3 Å². The second-order valence-electron chi connectivity index (χ2n) is 3.83. The number of aliphatic hydroxyl groups is 1. The van der Waals surface area contributed by atoms with Crippen molar-refractivity contribution in [2.75, 3.05) is 19.6 Å². The van der Waals surface area contributed by atoms with Crippen molar-refractivity contribution in [3.63, 3.8) is 0 Å². The van der Waals surface area contributed by atoms with Crippen molar-refractivity contribution in [1.29, 1.82) is 0 Å². The van der Waals surface area contributed by atoms with Gasteiger partial charge in [0.2, 0.25) is 0 Å². The zero-order valence-corrected chi connectivity index (χ0v) is 9.24. The van der Waals surface area contributed by atoms with Crippen LogP contribution in [0.3, 0.4) is 0 Å². The highest BCUT2D eigenvalue weighted by atomic mass is 16.3. The van der Waals surface area contributed by atoms with Crippen LogP contribution < -0.4 is 11.1 Å². The van der Waals surface area contributed by atoms with Crippen LogP contribution in [0.5, 0.6) is 0 Å². The smallest absolute Gasteiger partial charge is 0.0786 e. The monoisotopic (exact) mass is 208 g/mol. The Morgan fingerprint density at radius 3 is 2.60 bits per heavy atom. The molecule has 4 N–H and O–H groups in total. The molecule has 3 heteroatoms. The summed E-state index contributed by atoms with van der Waals surface area (Å²) in [4.78, 5) is 0. The van der Waals surface area contributed by atoms with Gasteiger partial charge in [0, 0.05) is 13.1 Å². The van der Waals surface area contributed by atoms with Gasteiger partial charge < -0.3 is 16.2 Å². The lowest BCUT2D eigenvalue weighted by Gasteiger charge is -2.09. The van der Waals surface area contributed by atoms with E-state index in [0.29, 0.717) is 13.1 Å². The van der Waals surface area contributed by atoms with E-state index in [2.05, 4.69) is 36.5 Å². The molecule has 3 nitrogen and oxygen atoms in total. The molecular weight excluding hydrogens is 188 g/mol. The molecule has 0 bridgehead atoms. The predicted molar refractivity (Wildman–Crippen MR) is 62.8 cm³/mol. The zero-order valence-electron chi connectivity index (χ0n) is 9.24. The molecule has 0 aliphatic carbocycles. The number of aryl methyl sites for hydroxylation is 1. The van der Waals surface area contributed by atoms with Crippen molar-refractivity contribution in [2.24, 2.45) is 5.73 Å². The fourth-order valence-corrected chi connectivity index (χ4v) is 1.34. The highest BCUT2D eigenvalue weighted by Crippen LogP contribution is 2.02. The van der Waals surface area contributed by atoms with E-state index >= 15 is 0 Å². The summed E-state index contributed by atoms with van der Waals surface area (Å²) in [5, 5.41) is 12.4. The van der Waals surface area contributed by atoms with Gasteiger partial charge in [0.1, 0.15) is 0 Å². The molecule has 0 aliphatic rings. The molecule has 0 saturated heterocycles. The SMILES string of the molecule is Cc1ccc(CCNCC(O)CN)cc1. The molecule has 0 spiro atoms. The number of hydrogen-bond acceptors (Lipinski definition) is 3. The molecule has 0 fully saturated rings. The first-order chi connectivity index (χ1) is 7.22. The van der Waals surface area contributed by atoms with E-state index in [9.17, 15) is 5.11 Å². The van der Waals surface area contributed by atoms with Gasteiger partial charge >= 0.3 is 0 Å². The minimum atomic E-state index is -0.428. The Morgan fingerprint density at radius 1 is 1.33 bits per heavy atom. The first kappa shape index (κ1) is 12.2. The number of benzene rings is 1. The van der Waals surface area contributed by atoms with Crippen molar-refractivity contribution >= 4 is 0 Å². The number of rotatable bonds is 6. The normalized spacial score (nSPS) is 12.7. The van der Waals surface area contributed by atoms with E-state index in [1.165, 1.54) is 11.1 Å². The molecule has 0 aliphatic heterocycles. The van der Waals surface area contributed by atoms with Gasteiger partial charge in [0.25, 0.3) is 0 Å². The Labute approximate surface area is 91.3 Å². The van der Waals surface area contributed by atoms with Crippen LogP contribution in [-0.2, 0) is 6.42 Å². The number of nitrogens with one attached hydrogen (secondary N) is 1. The molecule has 0 radical (unpaired) electrons. The average Bonchev–Trinajstić information content (AvgIpc) is 2.26. The maximum absolute atomic E-state index is 9.20. The minimum Gasteiger partial charge on any atom is -0.390 e. The zero-order chi connectivity index (χ0) is 11.1. The quantitative estimate of drug-likeness (QED) is 0.595. The van der Waals surface area contributed by atoms with E-state index in [-0.39, 0.29) is 0 Å². The van der Waals surface area contributed by atoms with Crippen LogP contribution >= 0.6 is 0 Å². The van der Waals surface area contributed by atoms with Gasteiger partial charge in [-0.25, -0.2) is 0 Å². The van der Waals surface area contributed by atoms with E-state index in [4.69, 9.17) is 5.73 Å². The van der Waals surface area contributed by atoms with E-state index in [1.807, 2.05) is 0 Å². The second-order valence-corrected chi connectivity index (χ2v) is 3.83. The highest BCUT2D eigenvalue weighted by Gasteiger charge is 1.99. The molecule has 84 valence electrons. The fourth-order valence-electron chi connectivity index (χ4n) is 1.34. The lowest BCUT2D eigenvalue weighted by Crippen LogP contribution is -2.33. The summed E-state index contributed by atoms with van der Waals surface area (Å²) >= 11 is 0. The molecule has 0 aromatic heterocycles. The fraction of sp³-hybridized carbons (Fsp3) is 0.500. The molecule has 1 aromatic rings. The molecule has 0 amide bonds. The summed E-state index contributed by atoms with van der Waals surface area (Å²) in [7, 11) is 0. The van der Waals surface area contributed by atoms with Crippen LogP contribution in [0.2, 0.25) is 0 Å². The summed E-state index contributed by atoms with van der Waals surface area (Å²) in [6.45, 7) is 3.85. The van der Waals surface area contributed by atoms with Gasteiger partial charge in [0.15, 0.2) is 0 Å². The Morgan fingerprint density at radius 2 is 2.00 bits per heavy atom. The Balaban J connectivity index is 2.17. The molecule has 15 heavy (non-hydrogen) atoms. The van der Waals surface area contributed by atoms with Crippen molar-refractivity contribution < 1.29 is 5.11 Å². The maximum Gasteiger partial charge on any atom is 0.0786 e. The second kappa shape index (κ2) is 6.56. The van der Waals surface area contributed by atoms with Gasteiger partial charge in [-0.3, -0.25) is 0 Å². The molecule has 0 saturated carbocycles. The van der Waals surface area contributed by atoms with Crippen LogP contribution in [0, 0.1) is 6.92 Å². The lowest BCUT2D eigenvalue weighted by molar-refractivity contribution is 0.180. The first-order valence-corrected chi connectivity index (χ1v) is 5.36. The van der Waals surface area contributed by atoms with Gasteiger partial charge in [-0.1, -0.05) is 29.8 Å². The van der Waals surface area contributed by atoms with Crippen LogP contribution in [0.4, 0.5) is 0 Å². The van der Waals surface area contributed by atoms with Gasteiger partial charge in [-0.15, -0.1) is 0 Å². The largest absolute Gasteiger partial charge is 0.390 e. The third kappa shape index (κ3) is 4.93. The third-order valence-corrected chi connectivity index (χ3v) is 2.36. The van der Waals surface area contributed by atoms with Crippen molar-refractivity contribution in [3.8, 4) is 0 Å². The molecular formula is C12H20N2O. The van der Waals surface area contributed by atoms with Crippen molar-refractivity contribution in [3.05, 3.63) is 35.4 Å². The molecule has 1 rings (SSSR count). The minimum absolute atomic E-state index is 0.317. The molecule has 1 atom stereocenters. The van der Waals surface area contributed by atoms with Crippen LogP contribution in [0.1, 0.15) is 11.1 Å². The van der Waals surface area contributed by atoms with E-state index in [0.717, 1.165) is 13.0 Å². The lowest BCUT2D eigenvalue weighted by atomic mass is 10.1. The van der Waals surface area contributed by atoms with Gasteiger partial charge in [0.05, 0.1) is 6.10 Å².